The summed E-state index contributed by atoms with van der Waals surface area (Å²) in [6.07, 6.45) is 0.916. The maximum absolute atomic E-state index is 11.9. The van der Waals surface area contributed by atoms with Crippen LogP contribution in [0.2, 0.25) is 0 Å². The summed E-state index contributed by atoms with van der Waals surface area (Å²) >= 11 is 0. The lowest BCUT2D eigenvalue weighted by molar-refractivity contribution is 0.273. The number of pyridine rings is 1. The number of anilines is 1. The zero-order valence-electron chi connectivity index (χ0n) is 11.7. The molecule has 0 aliphatic rings. The topological polar surface area (TPSA) is 54.3 Å². The fourth-order valence-corrected chi connectivity index (χ4v) is 2.21. The van der Waals surface area contributed by atoms with Crippen molar-refractivity contribution in [3.05, 3.63) is 64.1 Å². The van der Waals surface area contributed by atoms with E-state index in [2.05, 4.69) is 17.4 Å². The van der Waals surface area contributed by atoms with E-state index in [1.807, 2.05) is 31.2 Å². The van der Waals surface area contributed by atoms with Crippen molar-refractivity contribution < 1.29 is 5.11 Å². The van der Waals surface area contributed by atoms with E-state index in [0.29, 0.717) is 6.54 Å². The van der Waals surface area contributed by atoms with Crippen molar-refractivity contribution in [1.82, 2.24) is 4.57 Å². The van der Waals surface area contributed by atoms with Crippen LogP contribution >= 0.6 is 0 Å². The number of benzene rings is 1. The van der Waals surface area contributed by atoms with Crippen molar-refractivity contribution >= 4 is 5.69 Å². The molecule has 0 saturated carbocycles. The van der Waals surface area contributed by atoms with Crippen molar-refractivity contribution in [3.63, 3.8) is 0 Å². The molecule has 1 heterocycles. The van der Waals surface area contributed by atoms with Crippen LogP contribution in [-0.2, 0) is 13.0 Å². The number of aliphatic hydroxyl groups is 1. The Morgan fingerprint density at radius 2 is 1.95 bits per heavy atom. The van der Waals surface area contributed by atoms with Crippen molar-refractivity contribution in [2.24, 2.45) is 0 Å². The van der Waals surface area contributed by atoms with Crippen LogP contribution < -0.4 is 10.9 Å². The molecule has 0 atom stereocenters. The molecule has 0 amide bonds. The van der Waals surface area contributed by atoms with E-state index in [-0.39, 0.29) is 12.2 Å². The standard InChI is InChI=1S/C16H20N2O2/c1-13-11-15(12-16(20)18(13)9-10-19)17-8-7-14-5-3-2-4-6-14/h2-6,11-12,17,19H,7-10H2,1H3. The third-order valence-corrected chi connectivity index (χ3v) is 3.24. The first-order valence-corrected chi connectivity index (χ1v) is 6.81. The van der Waals surface area contributed by atoms with Crippen LogP contribution in [0.3, 0.4) is 0 Å². The second-order valence-corrected chi connectivity index (χ2v) is 4.76. The second-order valence-electron chi connectivity index (χ2n) is 4.76. The van der Waals surface area contributed by atoms with Crippen LogP contribution in [0.1, 0.15) is 11.3 Å². The first-order chi connectivity index (χ1) is 9.70. The Hall–Kier alpha value is -2.07. The molecule has 4 nitrogen and oxygen atoms in total. The lowest BCUT2D eigenvalue weighted by Crippen LogP contribution is -2.24. The van der Waals surface area contributed by atoms with Gasteiger partial charge in [-0.05, 0) is 25.0 Å². The van der Waals surface area contributed by atoms with E-state index in [1.54, 1.807) is 10.6 Å². The molecule has 0 unspecified atom stereocenters. The Bertz CT molecular complexity index is 606. The Labute approximate surface area is 118 Å². The average molecular weight is 272 g/mol. The summed E-state index contributed by atoms with van der Waals surface area (Å²) in [5, 5.41) is 12.2. The van der Waals surface area contributed by atoms with Gasteiger partial charge in [0.2, 0.25) is 0 Å². The molecule has 2 N–H and O–H groups in total. The number of aryl methyl sites for hydroxylation is 1. The van der Waals surface area contributed by atoms with Gasteiger partial charge >= 0.3 is 0 Å². The second kappa shape index (κ2) is 6.91. The van der Waals surface area contributed by atoms with Gasteiger partial charge in [-0.25, -0.2) is 0 Å². The van der Waals surface area contributed by atoms with E-state index in [1.165, 1.54) is 5.56 Å². The Balaban J connectivity index is 1.98. The highest BCUT2D eigenvalue weighted by Crippen LogP contribution is 2.07. The molecule has 1 aromatic heterocycles. The quantitative estimate of drug-likeness (QED) is 0.843. The third kappa shape index (κ3) is 3.71. The molecule has 0 aliphatic heterocycles. The summed E-state index contributed by atoms with van der Waals surface area (Å²) in [5.41, 5.74) is 2.87. The molecule has 0 aliphatic carbocycles. The van der Waals surface area contributed by atoms with Gasteiger partial charge in [-0.15, -0.1) is 0 Å². The summed E-state index contributed by atoms with van der Waals surface area (Å²) in [7, 11) is 0. The molecule has 2 rings (SSSR count). The summed E-state index contributed by atoms with van der Waals surface area (Å²) in [4.78, 5) is 11.9. The minimum absolute atomic E-state index is 0.0263. The average Bonchev–Trinajstić information content (AvgIpc) is 2.44. The minimum Gasteiger partial charge on any atom is -0.395 e. The minimum atomic E-state index is -0.0822. The molecule has 0 radical (unpaired) electrons. The predicted molar refractivity (Wildman–Crippen MR) is 81.2 cm³/mol. The third-order valence-electron chi connectivity index (χ3n) is 3.24. The number of nitrogens with one attached hydrogen (secondary N) is 1. The fraction of sp³-hybridized carbons (Fsp3) is 0.312. The smallest absolute Gasteiger partial charge is 0.252 e. The number of aliphatic hydroxyl groups excluding tert-OH is 1. The zero-order valence-corrected chi connectivity index (χ0v) is 11.7. The maximum atomic E-state index is 11.9. The van der Waals surface area contributed by atoms with Crippen LogP contribution in [-0.4, -0.2) is 22.8 Å². The lowest BCUT2D eigenvalue weighted by atomic mass is 10.1. The monoisotopic (exact) mass is 272 g/mol. The molecule has 2 aromatic rings. The molecular weight excluding hydrogens is 252 g/mol. The number of aromatic nitrogens is 1. The molecular formula is C16H20N2O2. The molecule has 0 saturated heterocycles. The van der Waals surface area contributed by atoms with Gasteiger partial charge in [0.15, 0.2) is 0 Å². The van der Waals surface area contributed by atoms with Crippen LogP contribution in [0.4, 0.5) is 5.69 Å². The van der Waals surface area contributed by atoms with E-state index >= 15 is 0 Å². The van der Waals surface area contributed by atoms with Crippen LogP contribution in [0.5, 0.6) is 0 Å². The number of hydrogen-bond donors (Lipinski definition) is 2. The number of nitrogens with zero attached hydrogens (tertiary/aromatic N) is 1. The Kier molecular flexibility index (Phi) is 4.96. The van der Waals surface area contributed by atoms with Gasteiger partial charge in [0, 0.05) is 30.5 Å². The number of hydrogen-bond acceptors (Lipinski definition) is 3. The molecule has 0 fully saturated rings. The zero-order chi connectivity index (χ0) is 14.4. The number of rotatable bonds is 6. The van der Waals surface area contributed by atoms with E-state index in [4.69, 9.17) is 5.11 Å². The SMILES string of the molecule is Cc1cc(NCCc2ccccc2)cc(=O)n1CCO. The van der Waals surface area contributed by atoms with Crippen molar-refractivity contribution in [2.45, 2.75) is 19.9 Å². The Morgan fingerprint density at radius 1 is 1.20 bits per heavy atom. The van der Waals surface area contributed by atoms with E-state index in [0.717, 1.165) is 24.3 Å². The summed E-state index contributed by atoms with van der Waals surface area (Å²) in [6.45, 7) is 2.98. The summed E-state index contributed by atoms with van der Waals surface area (Å²) < 4.78 is 1.57. The fourth-order valence-electron chi connectivity index (χ4n) is 2.21. The molecule has 20 heavy (non-hydrogen) atoms. The van der Waals surface area contributed by atoms with Crippen LogP contribution in [0.15, 0.2) is 47.3 Å². The molecule has 1 aromatic carbocycles. The van der Waals surface area contributed by atoms with Gasteiger partial charge in [0.05, 0.1) is 6.61 Å². The highest BCUT2D eigenvalue weighted by atomic mass is 16.3. The first kappa shape index (κ1) is 14.3. The normalized spacial score (nSPS) is 10.5. The summed E-state index contributed by atoms with van der Waals surface area (Å²) in [5.74, 6) is 0. The van der Waals surface area contributed by atoms with Gasteiger partial charge in [-0.3, -0.25) is 4.79 Å². The first-order valence-electron chi connectivity index (χ1n) is 6.81. The summed E-state index contributed by atoms with van der Waals surface area (Å²) in [6, 6.07) is 13.7. The van der Waals surface area contributed by atoms with Gasteiger partial charge in [0.1, 0.15) is 0 Å². The molecule has 106 valence electrons. The van der Waals surface area contributed by atoms with Crippen molar-refractivity contribution in [3.8, 4) is 0 Å². The lowest BCUT2D eigenvalue weighted by Gasteiger charge is -2.11. The highest BCUT2D eigenvalue weighted by molar-refractivity contribution is 5.43. The van der Waals surface area contributed by atoms with Gasteiger partial charge in [-0.1, -0.05) is 30.3 Å². The van der Waals surface area contributed by atoms with E-state index < -0.39 is 0 Å². The predicted octanol–water partition coefficient (Wildman–Crippen LogP) is 1.80. The molecule has 0 spiro atoms. The van der Waals surface area contributed by atoms with Crippen LogP contribution in [0.25, 0.3) is 0 Å². The van der Waals surface area contributed by atoms with Gasteiger partial charge < -0.3 is 15.0 Å². The Morgan fingerprint density at radius 3 is 2.60 bits per heavy atom. The molecule has 4 heteroatoms. The largest absolute Gasteiger partial charge is 0.395 e. The van der Waals surface area contributed by atoms with Crippen molar-refractivity contribution in [2.75, 3.05) is 18.5 Å². The maximum Gasteiger partial charge on any atom is 0.252 e. The highest BCUT2D eigenvalue weighted by Gasteiger charge is 2.02. The van der Waals surface area contributed by atoms with E-state index in [9.17, 15) is 4.79 Å². The van der Waals surface area contributed by atoms with Gasteiger partial charge in [0.25, 0.3) is 5.56 Å². The molecule has 0 bridgehead atoms. The van der Waals surface area contributed by atoms with Crippen molar-refractivity contribution in [1.29, 1.82) is 0 Å². The van der Waals surface area contributed by atoms with Crippen LogP contribution in [0, 0.1) is 6.92 Å². The van der Waals surface area contributed by atoms with Gasteiger partial charge in [-0.2, -0.15) is 0 Å².